The molecule has 0 aliphatic heterocycles. The van der Waals surface area contributed by atoms with E-state index in [1.54, 1.807) is 0 Å². The van der Waals surface area contributed by atoms with Gasteiger partial charge in [-0.05, 0) is 42.9 Å². The van der Waals surface area contributed by atoms with Gasteiger partial charge >= 0.3 is 0 Å². The second-order valence-corrected chi connectivity index (χ2v) is 5.53. The summed E-state index contributed by atoms with van der Waals surface area (Å²) >= 11 is 5.82. The molecule has 0 saturated heterocycles. The highest BCUT2D eigenvalue weighted by Crippen LogP contribution is 2.25. The lowest BCUT2D eigenvalue weighted by Gasteiger charge is -2.16. The Morgan fingerprint density at radius 3 is 2.65 bits per heavy atom. The lowest BCUT2D eigenvalue weighted by molar-refractivity contribution is 0.169. The van der Waals surface area contributed by atoms with Crippen molar-refractivity contribution < 1.29 is 5.11 Å². The van der Waals surface area contributed by atoms with E-state index in [9.17, 15) is 5.11 Å². The normalized spacial score (nSPS) is 26.1. The van der Waals surface area contributed by atoms with Gasteiger partial charge in [0.1, 0.15) is 0 Å². The molecule has 1 aliphatic carbocycles. The van der Waals surface area contributed by atoms with Crippen molar-refractivity contribution in [3.63, 3.8) is 0 Å². The van der Waals surface area contributed by atoms with Crippen LogP contribution in [0.2, 0.25) is 5.02 Å². The van der Waals surface area contributed by atoms with Crippen molar-refractivity contribution in [1.29, 1.82) is 0 Å². The number of halogens is 1. The topological polar surface area (TPSA) is 32.3 Å². The van der Waals surface area contributed by atoms with Crippen molar-refractivity contribution in [3.05, 3.63) is 34.9 Å². The third kappa shape index (κ3) is 3.70. The van der Waals surface area contributed by atoms with E-state index < -0.39 is 6.10 Å². The summed E-state index contributed by atoms with van der Waals surface area (Å²) in [4.78, 5) is 0. The molecule has 94 valence electrons. The van der Waals surface area contributed by atoms with Crippen molar-refractivity contribution in [2.75, 3.05) is 6.54 Å². The predicted molar refractivity (Wildman–Crippen MR) is 71.2 cm³/mol. The molecular weight excluding hydrogens is 234 g/mol. The molecule has 1 saturated carbocycles. The van der Waals surface area contributed by atoms with Gasteiger partial charge in [-0.2, -0.15) is 0 Å². The summed E-state index contributed by atoms with van der Waals surface area (Å²) < 4.78 is 0. The molecule has 0 bridgehead atoms. The van der Waals surface area contributed by atoms with Crippen molar-refractivity contribution in [2.45, 2.75) is 38.3 Å². The van der Waals surface area contributed by atoms with Crippen LogP contribution < -0.4 is 5.32 Å². The SMILES string of the molecule is CC1CCC(NCC(O)c2ccc(Cl)cc2)C1. The number of aliphatic hydroxyl groups is 1. The number of hydrogen-bond acceptors (Lipinski definition) is 2. The fourth-order valence-electron chi connectivity index (χ4n) is 2.47. The lowest BCUT2D eigenvalue weighted by Crippen LogP contribution is -2.30. The van der Waals surface area contributed by atoms with E-state index >= 15 is 0 Å². The number of rotatable bonds is 4. The van der Waals surface area contributed by atoms with Crippen molar-refractivity contribution in [2.24, 2.45) is 5.92 Å². The molecule has 1 fully saturated rings. The van der Waals surface area contributed by atoms with Crippen LogP contribution in [0.3, 0.4) is 0 Å². The fourth-order valence-corrected chi connectivity index (χ4v) is 2.60. The number of aliphatic hydroxyl groups excluding tert-OH is 1. The highest BCUT2D eigenvalue weighted by molar-refractivity contribution is 6.30. The van der Waals surface area contributed by atoms with E-state index in [2.05, 4.69) is 12.2 Å². The van der Waals surface area contributed by atoms with E-state index in [1.807, 2.05) is 24.3 Å². The second-order valence-electron chi connectivity index (χ2n) is 5.09. The first-order chi connectivity index (χ1) is 8.15. The quantitative estimate of drug-likeness (QED) is 0.864. The Morgan fingerprint density at radius 2 is 2.06 bits per heavy atom. The molecule has 1 aromatic rings. The molecule has 0 amide bonds. The standard InChI is InChI=1S/C14H20ClNO/c1-10-2-7-13(8-10)16-9-14(17)11-3-5-12(15)6-4-11/h3-6,10,13-14,16-17H,2,7-9H2,1H3. The van der Waals surface area contributed by atoms with Crippen LogP contribution in [0.25, 0.3) is 0 Å². The zero-order chi connectivity index (χ0) is 12.3. The molecule has 17 heavy (non-hydrogen) atoms. The summed E-state index contributed by atoms with van der Waals surface area (Å²) in [6.45, 7) is 2.91. The zero-order valence-corrected chi connectivity index (χ0v) is 11.0. The van der Waals surface area contributed by atoms with Crippen LogP contribution >= 0.6 is 11.6 Å². The molecule has 0 aromatic heterocycles. The van der Waals surface area contributed by atoms with E-state index in [-0.39, 0.29) is 0 Å². The average Bonchev–Trinajstić information content (AvgIpc) is 2.73. The maximum atomic E-state index is 10.0. The summed E-state index contributed by atoms with van der Waals surface area (Å²) in [7, 11) is 0. The van der Waals surface area contributed by atoms with Crippen molar-refractivity contribution >= 4 is 11.6 Å². The van der Waals surface area contributed by atoms with Crippen molar-refractivity contribution in [1.82, 2.24) is 5.32 Å². The Hall–Kier alpha value is -0.570. The molecule has 2 N–H and O–H groups in total. The monoisotopic (exact) mass is 253 g/mol. The Morgan fingerprint density at radius 1 is 1.35 bits per heavy atom. The molecule has 3 atom stereocenters. The van der Waals surface area contributed by atoms with Gasteiger partial charge in [0.15, 0.2) is 0 Å². The van der Waals surface area contributed by atoms with Gasteiger partial charge in [0.25, 0.3) is 0 Å². The molecular formula is C14H20ClNO. The molecule has 2 rings (SSSR count). The van der Waals surface area contributed by atoms with Crippen LogP contribution in [-0.2, 0) is 0 Å². The molecule has 0 radical (unpaired) electrons. The maximum absolute atomic E-state index is 10.0. The molecule has 3 heteroatoms. The Kier molecular flexibility index (Phi) is 4.43. The first-order valence-electron chi connectivity index (χ1n) is 6.32. The highest BCUT2D eigenvalue weighted by atomic mass is 35.5. The summed E-state index contributed by atoms with van der Waals surface area (Å²) in [6.07, 6.45) is 3.32. The van der Waals surface area contributed by atoms with Crippen LogP contribution in [0.15, 0.2) is 24.3 Å². The van der Waals surface area contributed by atoms with Gasteiger partial charge in [0.2, 0.25) is 0 Å². The lowest BCUT2D eigenvalue weighted by atomic mass is 10.1. The average molecular weight is 254 g/mol. The highest BCUT2D eigenvalue weighted by Gasteiger charge is 2.21. The second kappa shape index (κ2) is 5.85. The molecule has 0 spiro atoms. The molecule has 3 unspecified atom stereocenters. The van der Waals surface area contributed by atoms with Crippen LogP contribution in [0.4, 0.5) is 0 Å². The van der Waals surface area contributed by atoms with E-state index in [0.29, 0.717) is 17.6 Å². The van der Waals surface area contributed by atoms with E-state index in [1.165, 1.54) is 19.3 Å². The summed E-state index contributed by atoms with van der Waals surface area (Å²) in [5.41, 5.74) is 0.924. The zero-order valence-electron chi connectivity index (χ0n) is 10.2. The summed E-state index contributed by atoms with van der Waals surface area (Å²) in [5.74, 6) is 0.820. The van der Waals surface area contributed by atoms with Gasteiger partial charge < -0.3 is 10.4 Å². The molecule has 1 aliphatic rings. The van der Waals surface area contributed by atoms with Gasteiger partial charge in [-0.3, -0.25) is 0 Å². The fraction of sp³-hybridized carbons (Fsp3) is 0.571. The van der Waals surface area contributed by atoms with Crippen LogP contribution in [-0.4, -0.2) is 17.7 Å². The van der Waals surface area contributed by atoms with Crippen LogP contribution in [0.1, 0.15) is 37.9 Å². The number of benzene rings is 1. The third-order valence-electron chi connectivity index (χ3n) is 3.55. The Labute approximate surface area is 108 Å². The molecule has 1 aromatic carbocycles. The minimum absolute atomic E-state index is 0.442. The number of hydrogen-bond donors (Lipinski definition) is 2. The van der Waals surface area contributed by atoms with Gasteiger partial charge in [0.05, 0.1) is 6.10 Å². The Balaban J connectivity index is 1.81. The van der Waals surface area contributed by atoms with Gasteiger partial charge in [0, 0.05) is 17.6 Å². The Bertz CT molecular complexity index is 352. The number of nitrogens with one attached hydrogen (secondary N) is 1. The van der Waals surface area contributed by atoms with Crippen LogP contribution in [0, 0.1) is 5.92 Å². The summed E-state index contributed by atoms with van der Waals surface area (Å²) in [6, 6.07) is 7.97. The van der Waals surface area contributed by atoms with Gasteiger partial charge in [-0.15, -0.1) is 0 Å². The minimum Gasteiger partial charge on any atom is -0.387 e. The third-order valence-corrected chi connectivity index (χ3v) is 3.80. The maximum Gasteiger partial charge on any atom is 0.0914 e. The van der Waals surface area contributed by atoms with Gasteiger partial charge in [-0.1, -0.05) is 30.7 Å². The van der Waals surface area contributed by atoms with E-state index in [4.69, 9.17) is 11.6 Å². The minimum atomic E-state index is -0.442. The summed E-state index contributed by atoms with van der Waals surface area (Å²) in [5, 5.41) is 14.2. The first kappa shape index (κ1) is 12.9. The first-order valence-corrected chi connectivity index (χ1v) is 6.70. The predicted octanol–water partition coefficient (Wildman–Crippen LogP) is 3.15. The smallest absolute Gasteiger partial charge is 0.0914 e. The largest absolute Gasteiger partial charge is 0.387 e. The van der Waals surface area contributed by atoms with E-state index in [0.717, 1.165) is 11.5 Å². The molecule has 2 nitrogen and oxygen atoms in total. The van der Waals surface area contributed by atoms with Gasteiger partial charge in [-0.25, -0.2) is 0 Å². The molecule has 0 heterocycles. The van der Waals surface area contributed by atoms with Crippen molar-refractivity contribution in [3.8, 4) is 0 Å². The van der Waals surface area contributed by atoms with Crippen LogP contribution in [0.5, 0.6) is 0 Å².